The van der Waals surface area contributed by atoms with Gasteiger partial charge in [0.1, 0.15) is 6.33 Å². The van der Waals surface area contributed by atoms with Gasteiger partial charge in [0.05, 0.1) is 10.6 Å². The quantitative estimate of drug-likeness (QED) is 0.503. The molecule has 0 unspecified atom stereocenters. The number of rotatable bonds is 5. The Bertz CT molecular complexity index is 997. The van der Waals surface area contributed by atoms with E-state index < -0.39 is 4.92 Å². The number of nitro groups is 1. The fraction of sp³-hybridized carbons (Fsp3) is 0.316. The van der Waals surface area contributed by atoms with Crippen molar-refractivity contribution >= 4 is 39.5 Å². The van der Waals surface area contributed by atoms with Gasteiger partial charge in [0.2, 0.25) is 11.6 Å². The van der Waals surface area contributed by atoms with Crippen LogP contribution in [0.15, 0.2) is 36.7 Å². The molecule has 1 saturated heterocycles. The van der Waals surface area contributed by atoms with Gasteiger partial charge in [-0.15, -0.1) is 11.3 Å². The monoisotopic (exact) mass is 411 g/mol. The summed E-state index contributed by atoms with van der Waals surface area (Å²) in [6, 6.07) is 10.2. The maximum Gasteiger partial charge on any atom is 0.353 e. The van der Waals surface area contributed by atoms with Crippen LogP contribution in [0.25, 0.3) is 0 Å². The Morgan fingerprint density at radius 2 is 1.76 bits per heavy atom. The van der Waals surface area contributed by atoms with E-state index in [2.05, 4.69) is 37.3 Å². The number of hydrogen-bond acceptors (Lipinski definition) is 9. The van der Waals surface area contributed by atoms with Gasteiger partial charge in [-0.3, -0.25) is 10.1 Å². The molecule has 0 radical (unpaired) electrons. The Kier molecular flexibility index (Phi) is 5.26. The fourth-order valence-electron chi connectivity index (χ4n) is 3.30. The number of aromatic nitrogens is 3. The maximum absolute atomic E-state index is 11.9. The van der Waals surface area contributed by atoms with Crippen LogP contribution in [0.3, 0.4) is 0 Å². The molecule has 3 heterocycles. The largest absolute Gasteiger partial charge is 0.368 e. The number of piperazine rings is 1. The number of hydrogen-bond donors (Lipinski definition) is 1. The molecule has 3 aromatic rings. The van der Waals surface area contributed by atoms with Crippen molar-refractivity contribution in [2.24, 2.45) is 0 Å². The van der Waals surface area contributed by atoms with Gasteiger partial charge in [-0.25, -0.2) is 15.0 Å². The van der Waals surface area contributed by atoms with Gasteiger partial charge in [0.15, 0.2) is 5.13 Å². The molecule has 1 aromatic carbocycles. The minimum absolute atomic E-state index is 0.119. The lowest BCUT2D eigenvalue weighted by atomic mass is 10.2. The maximum atomic E-state index is 11.9. The van der Waals surface area contributed by atoms with Crippen LogP contribution in [0.2, 0.25) is 0 Å². The van der Waals surface area contributed by atoms with Gasteiger partial charge in [0, 0.05) is 36.7 Å². The molecule has 0 spiro atoms. The summed E-state index contributed by atoms with van der Waals surface area (Å²) in [5.41, 5.74) is 1.93. The molecule has 4 rings (SSSR count). The Morgan fingerprint density at radius 1 is 1.07 bits per heavy atom. The minimum Gasteiger partial charge on any atom is -0.368 e. The van der Waals surface area contributed by atoms with Crippen LogP contribution in [0.4, 0.5) is 28.1 Å². The highest BCUT2D eigenvalue weighted by Gasteiger charge is 2.29. The van der Waals surface area contributed by atoms with Crippen LogP contribution in [0, 0.1) is 24.0 Å². The molecular formula is C19H21N7O2S. The molecule has 0 amide bonds. The summed E-state index contributed by atoms with van der Waals surface area (Å²) in [4.78, 5) is 29.5. The van der Waals surface area contributed by atoms with Gasteiger partial charge in [0.25, 0.3) is 0 Å². The molecule has 9 nitrogen and oxygen atoms in total. The third-order valence-electron chi connectivity index (χ3n) is 4.94. The van der Waals surface area contributed by atoms with Gasteiger partial charge < -0.3 is 15.1 Å². The number of anilines is 4. The van der Waals surface area contributed by atoms with E-state index >= 15 is 0 Å². The minimum atomic E-state index is -0.422. The molecule has 1 aliphatic rings. The van der Waals surface area contributed by atoms with Crippen molar-refractivity contribution < 1.29 is 4.92 Å². The Labute approximate surface area is 172 Å². The van der Waals surface area contributed by atoms with E-state index in [0.29, 0.717) is 24.0 Å². The summed E-state index contributed by atoms with van der Waals surface area (Å²) in [5, 5.41) is 15.5. The number of nitrogens with one attached hydrogen (secondary N) is 1. The predicted octanol–water partition coefficient (Wildman–Crippen LogP) is 3.53. The average Bonchev–Trinajstić information content (AvgIpc) is 3.05. The summed E-state index contributed by atoms with van der Waals surface area (Å²) in [6.45, 7) is 6.67. The molecule has 1 aliphatic heterocycles. The van der Waals surface area contributed by atoms with E-state index in [0.717, 1.165) is 29.3 Å². The van der Waals surface area contributed by atoms with E-state index in [1.807, 2.05) is 36.9 Å². The van der Waals surface area contributed by atoms with Crippen LogP contribution in [-0.2, 0) is 0 Å². The van der Waals surface area contributed by atoms with Gasteiger partial charge >= 0.3 is 5.69 Å². The van der Waals surface area contributed by atoms with Gasteiger partial charge in [-0.05, 0) is 26.0 Å². The first-order chi connectivity index (χ1) is 14.0. The van der Waals surface area contributed by atoms with Crippen molar-refractivity contribution in [1.29, 1.82) is 0 Å². The molecule has 2 aromatic heterocycles. The Hall–Kier alpha value is -3.27. The predicted molar refractivity (Wildman–Crippen MR) is 114 cm³/mol. The first-order valence-corrected chi connectivity index (χ1v) is 10.1. The third-order valence-corrected chi connectivity index (χ3v) is 5.93. The van der Waals surface area contributed by atoms with E-state index in [-0.39, 0.29) is 11.5 Å². The SMILES string of the molecule is Cc1nc(Nc2ncnc(N3CCN(c4ccccc4)CC3)c2[N+](=O)[O-])sc1C. The fourth-order valence-corrected chi connectivity index (χ4v) is 4.12. The van der Waals surface area contributed by atoms with Crippen molar-refractivity contribution in [3.05, 3.63) is 57.3 Å². The standard InChI is InChI=1S/C19H21N7O2S/c1-13-14(2)29-19(22-13)23-17-16(26(27)28)18(21-12-20-17)25-10-8-24(9-11-25)15-6-4-3-5-7-15/h3-7,12H,8-11H2,1-2H3,(H,20,21,22,23). The number of aryl methyl sites for hydroxylation is 2. The molecule has 29 heavy (non-hydrogen) atoms. The Balaban J connectivity index is 1.57. The smallest absolute Gasteiger partial charge is 0.353 e. The van der Waals surface area contributed by atoms with E-state index in [9.17, 15) is 10.1 Å². The number of para-hydroxylation sites is 1. The molecular weight excluding hydrogens is 390 g/mol. The van der Waals surface area contributed by atoms with Gasteiger partial charge in [-0.2, -0.15) is 0 Å². The summed E-state index contributed by atoms with van der Waals surface area (Å²) >= 11 is 1.44. The zero-order valence-corrected chi connectivity index (χ0v) is 17.0. The number of thiazole rings is 1. The second kappa shape index (κ2) is 8.00. The van der Waals surface area contributed by atoms with E-state index in [4.69, 9.17) is 0 Å². The normalized spacial score (nSPS) is 14.1. The summed E-state index contributed by atoms with van der Waals surface area (Å²) in [6.07, 6.45) is 1.36. The highest BCUT2D eigenvalue weighted by molar-refractivity contribution is 7.15. The van der Waals surface area contributed by atoms with E-state index in [1.54, 1.807) is 0 Å². The van der Waals surface area contributed by atoms with Crippen molar-refractivity contribution in [1.82, 2.24) is 15.0 Å². The van der Waals surface area contributed by atoms with Crippen LogP contribution in [0.1, 0.15) is 10.6 Å². The van der Waals surface area contributed by atoms with Crippen LogP contribution in [0.5, 0.6) is 0 Å². The first kappa shape index (κ1) is 19.1. The summed E-state index contributed by atoms with van der Waals surface area (Å²) < 4.78 is 0. The molecule has 1 fully saturated rings. The van der Waals surface area contributed by atoms with E-state index in [1.165, 1.54) is 17.7 Å². The molecule has 0 saturated carbocycles. The molecule has 150 valence electrons. The van der Waals surface area contributed by atoms with Crippen molar-refractivity contribution in [2.45, 2.75) is 13.8 Å². The number of nitrogens with zero attached hydrogens (tertiary/aromatic N) is 6. The third kappa shape index (κ3) is 3.97. The lowest BCUT2D eigenvalue weighted by molar-refractivity contribution is -0.383. The lowest BCUT2D eigenvalue weighted by Crippen LogP contribution is -2.47. The van der Waals surface area contributed by atoms with Gasteiger partial charge in [-0.1, -0.05) is 18.2 Å². The second-order valence-corrected chi connectivity index (χ2v) is 7.95. The average molecular weight is 411 g/mol. The molecule has 0 aliphatic carbocycles. The second-order valence-electron chi connectivity index (χ2n) is 6.75. The molecule has 0 atom stereocenters. The highest BCUT2D eigenvalue weighted by atomic mass is 32.1. The molecule has 1 N–H and O–H groups in total. The van der Waals surface area contributed by atoms with Crippen LogP contribution < -0.4 is 15.1 Å². The molecule has 10 heteroatoms. The van der Waals surface area contributed by atoms with Crippen molar-refractivity contribution in [3.8, 4) is 0 Å². The van der Waals surface area contributed by atoms with Crippen molar-refractivity contribution in [2.75, 3.05) is 41.3 Å². The topological polar surface area (TPSA) is 100 Å². The van der Waals surface area contributed by atoms with Crippen LogP contribution in [-0.4, -0.2) is 46.1 Å². The molecule has 0 bridgehead atoms. The lowest BCUT2D eigenvalue weighted by Gasteiger charge is -2.36. The Morgan fingerprint density at radius 3 is 2.38 bits per heavy atom. The van der Waals surface area contributed by atoms with Crippen LogP contribution >= 0.6 is 11.3 Å². The number of benzene rings is 1. The summed E-state index contributed by atoms with van der Waals surface area (Å²) in [7, 11) is 0. The zero-order chi connectivity index (χ0) is 20.4. The summed E-state index contributed by atoms with van der Waals surface area (Å²) in [5.74, 6) is 0.504. The van der Waals surface area contributed by atoms with Crippen molar-refractivity contribution in [3.63, 3.8) is 0 Å². The zero-order valence-electron chi connectivity index (χ0n) is 16.2. The first-order valence-electron chi connectivity index (χ1n) is 9.28. The highest BCUT2D eigenvalue weighted by Crippen LogP contribution is 2.35.